The summed E-state index contributed by atoms with van der Waals surface area (Å²) in [6, 6.07) is 0. The standard InChI is InChI=1S/C8H18N2O2S/c1-10(4-6-13-2)8(11)7-12-5-3-9/h3-7,9H2,1-2H3. The molecule has 2 N–H and O–H groups in total. The molecule has 0 aliphatic carbocycles. The molecule has 0 bridgehead atoms. The lowest BCUT2D eigenvalue weighted by Crippen LogP contribution is -2.32. The molecule has 0 aliphatic rings. The topological polar surface area (TPSA) is 55.6 Å². The van der Waals surface area contributed by atoms with E-state index in [1.165, 1.54) is 0 Å². The van der Waals surface area contributed by atoms with Crippen LogP contribution in [0.2, 0.25) is 0 Å². The molecule has 5 heteroatoms. The van der Waals surface area contributed by atoms with Crippen LogP contribution in [0.5, 0.6) is 0 Å². The Morgan fingerprint density at radius 3 is 2.85 bits per heavy atom. The first-order chi connectivity index (χ1) is 6.22. The van der Waals surface area contributed by atoms with Gasteiger partial charge in [-0.25, -0.2) is 0 Å². The fourth-order valence-electron chi connectivity index (χ4n) is 0.706. The van der Waals surface area contributed by atoms with Gasteiger partial charge in [-0.1, -0.05) is 0 Å². The van der Waals surface area contributed by atoms with Crippen LogP contribution in [-0.4, -0.2) is 56.2 Å². The molecule has 13 heavy (non-hydrogen) atoms. The molecule has 0 aromatic rings. The van der Waals surface area contributed by atoms with Gasteiger partial charge >= 0.3 is 0 Å². The highest BCUT2D eigenvalue weighted by Crippen LogP contribution is 1.94. The number of rotatable bonds is 7. The second kappa shape index (κ2) is 8.34. The number of nitrogens with two attached hydrogens (primary N) is 1. The van der Waals surface area contributed by atoms with Gasteiger partial charge in [0.25, 0.3) is 0 Å². The van der Waals surface area contributed by atoms with E-state index in [0.717, 1.165) is 12.3 Å². The van der Waals surface area contributed by atoms with Gasteiger partial charge in [-0.05, 0) is 6.26 Å². The van der Waals surface area contributed by atoms with E-state index in [0.29, 0.717) is 13.2 Å². The van der Waals surface area contributed by atoms with Gasteiger partial charge < -0.3 is 15.4 Å². The van der Waals surface area contributed by atoms with Crippen molar-refractivity contribution >= 4 is 17.7 Å². The second-order valence-corrected chi connectivity index (χ2v) is 3.63. The minimum absolute atomic E-state index is 0.0162. The molecule has 0 radical (unpaired) electrons. The van der Waals surface area contributed by atoms with Crippen molar-refractivity contribution in [3.8, 4) is 0 Å². The van der Waals surface area contributed by atoms with Gasteiger partial charge in [0.15, 0.2) is 0 Å². The van der Waals surface area contributed by atoms with Crippen LogP contribution in [0.3, 0.4) is 0 Å². The highest BCUT2D eigenvalue weighted by atomic mass is 32.2. The van der Waals surface area contributed by atoms with Crippen molar-refractivity contribution < 1.29 is 9.53 Å². The van der Waals surface area contributed by atoms with Gasteiger partial charge in [0.05, 0.1) is 6.61 Å². The maximum Gasteiger partial charge on any atom is 0.248 e. The molecule has 0 aromatic carbocycles. The van der Waals surface area contributed by atoms with E-state index in [1.54, 1.807) is 23.7 Å². The molecule has 0 heterocycles. The number of likely N-dealkylation sites (N-methyl/N-ethyl adjacent to an activating group) is 1. The van der Waals surface area contributed by atoms with Crippen LogP contribution < -0.4 is 5.73 Å². The number of ether oxygens (including phenoxy) is 1. The summed E-state index contributed by atoms with van der Waals surface area (Å²) in [4.78, 5) is 12.9. The smallest absolute Gasteiger partial charge is 0.248 e. The zero-order valence-electron chi connectivity index (χ0n) is 8.28. The largest absolute Gasteiger partial charge is 0.370 e. The normalized spacial score (nSPS) is 10.1. The molecule has 78 valence electrons. The van der Waals surface area contributed by atoms with Crippen molar-refractivity contribution in [3.05, 3.63) is 0 Å². The molecule has 0 spiro atoms. The van der Waals surface area contributed by atoms with Gasteiger partial charge in [0.2, 0.25) is 5.91 Å². The Balaban J connectivity index is 3.45. The summed E-state index contributed by atoms with van der Waals surface area (Å²) in [7, 11) is 1.78. The molecule has 0 atom stereocenters. The molecule has 0 fully saturated rings. The average molecular weight is 206 g/mol. The van der Waals surface area contributed by atoms with Crippen LogP contribution in [0, 0.1) is 0 Å². The zero-order valence-corrected chi connectivity index (χ0v) is 9.10. The van der Waals surface area contributed by atoms with E-state index in [4.69, 9.17) is 10.5 Å². The molecule has 0 rings (SSSR count). The first kappa shape index (κ1) is 12.7. The molecule has 1 amide bonds. The number of hydrogen-bond acceptors (Lipinski definition) is 4. The van der Waals surface area contributed by atoms with E-state index in [1.807, 2.05) is 6.26 Å². The summed E-state index contributed by atoms with van der Waals surface area (Å²) >= 11 is 1.72. The molecule has 0 aromatic heterocycles. The van der Waals surface area contributed by atoms with E-state index in [2.05, 4.69) is 0 Å². The summed E-state index contributed by atoms with van der Waals surface area (Å²) < 4.78 is 5.02. The molecule has 0 aliphatic heterocycles. The molecule has 0 saturated carbocycles. The number of thioether (sulfide) groups is 1. The van der Waals surface area contributed by atoms with Crippen LogP contribution >= 0.6 is 11.8 Å². The van der Waals surface area contributed by atoms with E-state index >= 15 is 0 Å². The van der Waals surface area contributed by atoms with Crippen LogP contribution in [-0.2, 0) is 9.53 Å². The van der Waals surface area contributed by atoms with Crippen molar-refractivity contribution in [2.45, 2.75) is 0 Å². The van der Waals surface area contributed by atoms with Crippen molar-refractivity contribution in [2.24, 2.45) is 5.73 Å². The van der Waals surface area contributed by atoms with Gasteiger partial charge in [0.1, 0.15) is 6.61 Å². The molecule has 0 unspecified atom stereocenters. The van der Waals surface area contributed by atoms with Gasteiger partial charge in [-0.15, -0.1) is 0 Å². The van der Waals surface area contributed by atoms with Crippen LogP contribution in [0.15, 0.2) is 0 Å². The van der Waals surface area contributed by atoms with Crippen LogP contribution in [0.4, 0.5) is 0 Å². The highest BCUT2D eigenvalue weighted by Gasteiger charge is 2.06. The fraction of sp³-hybridized carbons (Fsp3) is 0.875. The molecule has 4 nitrogen and oxygen atoms in total. The lowest BCUT2D eigenvalue weighted by atomic mass is 10.5. The first-order valence-electron chi connectivity index (χ1n) is 4.23. The van der Waals surface area contributed by atoms with E-state index in [-0.39, 0.29) is 12.5 Å². The van der Waals surface area contributed by atoms with Gasteiger partial charge in [-0.2, -0.15) is 11.8 Å². The Bertz CT molecular complexity index is 144. The lowest BCUT2D eigenvalue weighted by molar-refractivity contribution is -0.134. The Morgan fingerprint density at radius 1 is 1.62 bits per heavy atom. The van der Waals surface area contributed by atoms with Crippen molar-refractivity contribution in [2.75, 3.05) is 45.4 Å². The highest BCUT2D eigenvalue weighted by molar-refractivity contribution is 7.98. The third-order valence-corrected chi connectivity index (χ3v) is 2.14. The lowest BCUT2D eigenvalue weighted by Gasteiger charge is -2.16. The number of nitrogens with zero attached hydrogens (tertiary/aromatic N) is 1. The number of hydrogen-bond donors (Lipinski definition) is 1. The predicted molar refractivity (Wildman–Crippen MR) is 55.9 cm³/mol. The number of carbonyl (C=O) groups is 1. The Labute approximate surface area is 83.8 Å². The average Bonchev–Trinajstić information content (AvgIpc) is 2.14. The molecular formula is C8H18N2O2S. The quantitative estimate of drug-likeness (QED) is 0.585. The maximum atomic E-state index is 11.3. The first-order valence-corrected chi connectivity index (χ1v) is 5.62. The van der Waals surface area contributed by atoms with Crippen molar-refractivity contribution in [1.29, 1.82) is 0 Å². The molecular weight excluding hydrogens is 188 g/mol. The number of carbonyl (C=O) groups excluding carboxylic acids is 1. The monoisotopic (exact) mass is 206 g/mol. The summed E-state index contributed by atoms with van der Waals surface area (Å²) in [5.41, 5.74) is 5.22. The number of amides is 1. The Morgan fingerprint density at radius 2 is 2.31 bits per heavy atom. The predicted octanol–water partition coefficient (Wildman–Crippen LogP) is -0.217. The summed E-state index contributed by atoms with van der Waals surface area (Å²) in [5, 5.41) is 0. The van der Waals surface area contributed by atoms with Gasteiger partial charge in [-0.3, -0.25) is 4.79 Å². The maximum absolute atomic E-state index is 11.3. The van der Waals surface area contributed by atoms with Crippen LogP contribution in [0.25, 0.3) is 0 Å². The van der Waals surface area contributed by atoms with Gasteiger partial charge in [0, 0.05) is 25.9 Å². The summed E-state index contributed by atoms with van der Waals surface area (Å²) in [5.74, 6) is 0.974. The SMILES string of the molecule is CSCCN(C)C(=O)COCCN. The zero-order chi connectivity index (χ0) is 10.1. The van der Waals surface area contributed by atoms with Crippen LogP contribution in [0.1, 0.15) is 0 Å². The Hall–Kier alpha value is -0.260. The minimum Gasteiger partial charge on any atom is -0.370 e. The van der Waals surface area contributed by atoms with Crippen molar-refractivity contribution in [3.63, 3.8) is 0 Å². The summed E-state index contributed by atoms with van der Waals surface area (Å²) in [6.07, 6.45) is 2.02. The summed E-state index contributed by atoms with van der Waals surface area (Å²) in [6.45, 7) is 1.82. The Kier molecular flexibility index (Phi) is 8.18. The van der Waals surface area contributed by atoms with Crippen molar-refractivity contribution in [1.82, 2.24) is 4.90 Å². The molecule has 0 saturated heterocycles. The third-order valence-electron chi connectivity index (χ3n) is 1.54. The van der Waals surface area contributed by atoms with E-state index in [9.17, 15) is 4.79 Å². The minimum atomic E-state index is 0.0162. The fourth-order valence-corrected chi connectivity index (χ4v) is 1.16. The second-order valence-electron chi connectivity index (χ2n) is 2.65. The third kappa shape index (κ3) is 6.86. The van der Waals surface area contributed by atoms with E-state index < -0.39 is 0 Å².